The number of piperidine rings is 2. The minimum absolute atomic E-state index is 0.0778. The molecule has 2 heterocycles. The summed E-state index contributed by atoms with van der Waals surface area (Å²) in [7, 11) is 0. The Kier molecular flexibility index (Phi) is 6.21. The van der Waals surface area contributed by atoms with Crippen molar-refractivity contribution in [2.45, 2.75) is 44.6 Å². The third-order valence-electron chi connectivity index (χ3n) is 6.04. The van der Waals surface area contributed by atoms with Crippen LogP contribution < -0.4 is 20.9 Å². The summed E-state index contributed by atoms with van der Waals surface area (Å²) in [5.74, 6) is -0.405. The minimum Gasteiger partial charge on any atom is -0.366 e. The molecule has 1 unspecified atom stereocenters. The number of rotatable bonds is 5. The molecule has 2 aliphatic rings. The third kappa shape index (κ3) is 4.71. The van der Waals surface area contributed by atoms with E-state index in [1.807, 2.05) is 40.1 Å². The van der Waals surface area contributed by atoms with Crippen LogP contribution in [0.15, 0.2) is 48.5 Å². The second-order valence-electron chi connectivity index (χ2n) is 8.16. The summed E-state index contributed by atoms with van der Waals surface area (Å²) in [5.41, 5.74) is 8.26. The van der Waals surface area contributed by atoms with Gasteiger partial charge in [0.25, 0.3) is 0 Å². The van der Waals surface area contributed by atoms with Crippen molar-refractivity contribution < 1.29 is 14.4 Å². The lowest BCUT2D eigenvalue weighted by Crippen LogP contribution is -2.47. The Bertz CT molecular complexity index is 973. The summed E-state index contributed by atoms with van der Waals surface area (Å²) in [6, 6.07) is 14.3. The number of benzene rings is 2. The van der Waals surface area contributed by atoms with Gasteiger partial charge in [0.05, 0.1) is 0 Å². The Morgan fingerprint density at radius 3 is 2.45 bits per heavy atom. The number of nitrogens with zero attached hydrogens (tertiary/aromatic N) is 2. The van der Waals surface area contributed by atoms with Crippen LogP contribution >= 0.6 is 0 Å². The molecule has 2 aromatic rings. The van der Waals surface area contributed by atoms with E-state index in [1.165, 1.54) is 0 Å². The topological polar surface area (TPSA) is 95.7 Å². The molecule has 3 N–H and O–H groups in total. The van der Waals surface area contributed by atoms with Crippen LogP contribution in [0.3, 0.4) is 0 Å². The van der Waals surface area contributed by atoms with Crippen molar-refractivity contribution in [1.82, 2.24) is 0 Å². The van der Waals surface area contributed by atoms with Crippen LogP contribution in [0, 0.1) is 0 Å². The molecule has 7 heteroatoms. The van der Waals surface area contributed by atoms with Crippen LogP contribution in [0.2, 0.25) is 0 Å². The number of hydrogen-bond acceptors (Lipinski definition) is 4. The normalized spacial score (nSPS) is 19.2. The maximum Gasteiger partial charge on any atom is 0.248 e. The fraction of sp³-hybridized carbons (Fsp3) is 0.375. The molecule has 0 radical (unpaired) electrons. The zero-order valence-corrected chi connectivity index (χ0v) is 17.5. The molecular weight excluding hydrogens is 392 g/mol. The maximum absolute atomic E-state index is 13.1. The lowest BCUT2D eigenvalue weighted by molar-refractivity contribution is -0.119. The van der Waals surface area contributed by atoms with E-state index >= 15 is 0 Å². The molecule has 0 bridgehead atoms. The summed E-state index contributed by atoms with van der Waals surface area (Å²) in [5, 5.41) is 3.01. The highest BCUT2D eigenvalue weighted by molar-refractivity contribution is 5.98. The first-order chi connectivity index (χ1) is 15.0. The minimum atomic E-state index is -0.480. The quantitative estimate of drug-likeness (QED) is 0.776. The Labute approximate surface area is 182 Å². The lowest BCUT2D eigenvalue weighted by Gasteiger charge is -2.36. The van der Waals surface area contributed by atoms with Gasteiger partial charge in [-0.15, -0.1) is 0 Å². The highest BCUT2D eigenvalue weighted by atomic mass is 16.2. The summed E-state index contributed by atoms with van der Waals surface area (Å²) < 4.78 is 0. The van der Waals surface area contributed by atoms with Crippen molar-refractivity contribution in [3.63, 3.8) is 0 Å². The number of primary amides is 1. The fourth-order valence-electron chi connectivity index (χ4n) is 4.38. The molecule has 0 aromatic heterocycles. The Morgan fingerprint density at radius 2 is 1.71 bits per heavy atom. The van der Waals surface area contributed by atoms with Crippen molar-refractivity contribution in [2.24, 2.45) is 5.73 Å². The number of amides is 3. The van der Waals surface area contributed by atoms with Gasteiger partial charge in [-0.1, -0.05) is 6.07 Å². The van der Waals surface area contributed by atoms with E-state index in [0.29, 0.717) is 17.7 Å². The van der Waals surface area contributed by atoms with Crippen molar-refractivity contribution >= 4 is 34.8 Å². The van der Waals surface area contributed by atoms with Gasteiger partial charge in [0.2, 0.25) is 17.7 Å². The molecule has 0 saturated carbocycles. The van der Waals surface area contributed by atoms with E-state index in [4.69, 9.17) is 5.73 Å². The monoisotopic (exact) mass is 420 g/mol. The maximum atomic E-state index is 13.1. The molecule has 0 aliphatic carbocycles. The van der Waals surface area contributed by atoms with E-state index in [9.17, 15) is 14.4 Å². The van der Waals surface area contributed by atoms with Gasteiger partial charge in [-0.3, -0.25) is 14.4 Å². The Morgan fingerprint density at radius 1 is 0.935 bits per heavy atom. The Balaban J connectivity index is 1.47. The van der Waals surface area contributed by atoms with Crippen LogP contribution in [0.4, 0.5) is 17.1 Å². The molecule has 31 heavy (non-hydrogen) atoms. The number of nitrogens with two attached hydrogens (primary N) is 1. The largest absolute Gasteiger partial charge is 0.366 e. The smallest absolute Gasteiger partial charge is 0.248 e. The molecule has 2 aliphatic heterocycles. The molecular formula is C24H28N4O3. The summed E-state index contributed by atoms with van der Waals surface area (Å²) in [4.78, 5) is 40.6. The predicted molar refractivity (Wildman–Crippen MR) is 121 cm³/mol. The van der Waals surface area contributed by atoms with Crippen LogP contribution in [0.1, 0.15) is 48.9 Å². The standard InChI is InChI=1S/C24H28N4O3/c25-23(30)17-6-5-7-20(16-17)27-14-3-1-8-21(27)24(31)26-18-10-12-19(13-11-18)28-15-4-2-9-22(28)29/h5-7,10-13,16,21H,1-4,8-9,14-15H2,(H2,25,30)(H,26,31). The highest BCUT2D eigenvalue weighted by Crippen LogP contribution is 2.27. The van der Waals surface area contributed by atoms with Gasteiger partial charge in [0.15, 0.2) is 0 Å². The molecule has 2 saturated heterocycles. The van der Waals surface area contributed by atoms with Crippen LogP contribution in [0.5, 0.6) is 0 Å². The Hall–Kier alpha value is -3.35. The highest BCUT2D eigenvalue weighted by Gasteiger charge is 2.29. The van der Waals surface area contributed by atoms with E-state index < -0.39 is 5.91 Å². The van der Waals surface area contributed by atoms with E-state index in [1.54, 1.807) is 18.2 Å². The summed E-state index contributed by atoms with van der Waals surface area (Å²) in [6.07, 6.45) is 5.26. The predicted octanol–water partition coefficient (Wildman–Crippen LogP) is 3.30. The van der Waals surface area contributed by atoms with Crippen molar-refractivity contribution in [1.29, 1.82) is 0 Å². The van der Waals surface area contributed by atoms with E-state index in [2.05, 4.69) is 5.32 Å². The number of carbonyl (C=O) groups excluding carboxylic acids is 3. The molecule has 2 fully saturated rings. The van der Waals surface area contributed by atoms with E-state index in [0.717, 1.165) is 56.6 Å². The number of nitrogens with one attached hydrogen (secondary N) is 1. The summed E-state index contributed by atoms with van der Waals surface area (Å²) >= 11 is 0. The second kappa shape index (κ2) is 9.20. The van der Waals surface area contributed by atoms with E-state index in [-0.39, 0.29) is 17.9 Å². The SMILES string of the molecule is NC(=O)c1cccc(N2CCCCC2C(=O)Nc2ccc(N3CCCCC3=O)cc2)c1. The number of hydrogen-bond donors (Lipinski definition) is 2. The van der Waals surface area contributed by atoms with Gasteiger partial charge in [-0.25, -0.2) is 0 Å². The van der Waals surface area contributed by atoms with Gasteiger partial charge in [0.1, 0.15) is 6.04 Å². The number of anilines is 3. The molecule has 2 aromatic carbocycles. The average molecular weight is 421 g/mol. The van der Waals surface area contributed by atoms with Gasteiger partial charge in [-0.05, 0) is 74.6 Å². The van der Waals surface area contributed by atoms with Crippen LogP contribution in [-0.2, 0) is 9.59 Å². The molecule has 7 nitrogen and oxygen atoms in total. The van der Waals surface area contributed by atoms with Crippen LogP contribution in [0.25, 0.3) is 0 Å². The zero-order valence-electron chi connectivity index (χ0n) is 17.5. The van der Waals surface area contributed by atoms with Gasteiger partial charge in [0, 0.05) is 42.1 Å². The first-order valence-electron chi connectivity index (χ1n) is 10.9. The molecule has 4 rings (SSSR count). The van der Waals surface area contributed by atoms with Gasteiger partial charge < -0.3 is 20.9 Å². The zero-order chi connectivity index (χ0) is 21.8. The second-order valence-corrected chi connectivity index (χ2v) is 8.16. The van der Waals surface area contributed by atoms with Crippen LogP contribution in [-0.4, -0.2) is 36.9 Å². The van der Waals surface area contributed by atoms with Gasteiger partial charge in [-0.2, -0.15) is 0 Å². The van der Waals surface area contributed by atoms with Crippen molar-refractivity contribution in [3.8, 4) is 0 Å². The number of carbonyl (C=O) groups is 3. The van der Waals surface area contributed by atoms with Gasteiger partial charge >= 0.3 is 0 Å². The molecule has 0 spiro atoms. The first kappa shape index (κ1) is 20.9. The third-order valence-corrected chi connectivity index (χ3v) is 6.04. The average Bonchev–Trinajstić information content (AvgIpc) is 2.80. The molecule has 1 atom stereocenters. The lowest BCUT2D eigenvalue weighted by atomic mass is 9.99. The molecule has 3 amide bonds. The first-order valence-corrected chi connectivity index (χ1v) is 10.9. The summed E-state index contributed by atoms with van der Waals surface area (Å²) in [6.45, 7) is 1.49. The molecule has 162 valence electrons. The fourth-order valence-corrected chi connectivity index (χ4v) is 4.38. The van der Waals surface area contributed by atoms with Crippen molar-refractivity contribution in [3.05, 3.63) is 54.1 Å². The van der Waals surface area contributed by atoms with Crippen molar-refractivity contribution in [2.75, 3.05) is 28.2 Å².